The van der Waals surface area contributed by atoms with Gasteiger partial charge in [0, 0.05) is 29.3 Å². The van der Waals surface area contributed by atoms with Crippen molar-refractivity contribution in [3.63, 3.8) is 0 Å². The predicted molar refractivity (Wildman–Crippen MR) is 93.6 cm³/mol. The predicted octanol–water partition coefficient (Wildman–Crippen LogP) is 2.73. The zero-order chi connectivity index (χ0) is 17.3. The number of amides is 1. The Kier molecular flexibility index (Phi) is 4.29. The summed E-state index contributed by atoms with van der Waals surface area (Å²) in [6, 6.07) is 5.64. The van der Waals surface area contributed by atoms with E-state index in [1.54, 1.807) is 13.3 Å². The second kappa shape index (κ2) is 6.39. The van der Waals surface area contributed by atoms with Crippen molar-refractivity contribution in [2.45, 2.75) is 27.3 Å². The standard InChI is InChI=1S/C18H22N4O2/c1-11-12(2)21-22(13(11)3)8-7-19-18(23)16-10-20-17-6-5-14(24-4)9-15(16)17/h5-6,9-10,20H,7-8H2,1-4H3,(H,19,23). The largest absolute Gasteiger partial charge is 0.497 e. The van der Waals surface area contributed by atoms with Crippen LogP contribution in [0.2, 0.25) is 0 Å². The summed E-state index contributed by atoms with van der Waals surface area (Å²) in [5.41, 5.74) is 4.90. The molecule has 1 amide bonds. The van der Waals surface area contributed by atoms with Gasteiger partial charge in [-0.15, -0.1) is 0 Å². The van der Waals surface area contributed by atoms with Crippen LogP contribution in [-0.4, -0.2) is 34.3 Å². The monoisotopic (exact) mass is 326 g/mol. The number of hydrogen-bond donors (Lipinski definition) is 2. The van der Waals surface area contributed by atoms with E-state index in [0.717, 1.165) is 28.0 Å². The number of aromatic amines is 1. The van der Waals surface area contributed by atoms with Crippen LogP contribution in [0, 0.1) is 20.8 Å². The Labute approximate surface area is 140 Å². The number of rotatable bonds is 5. The second-order valence-electron chi connectivity index (χ2n) is 5.89. The van der Waals surface area contributed by atoms with E-state index in [2.05, 4.69) is 22.3 Å². The van der Waals surface area contributed by atoms with Gasteiger partial charge in [0.2, 0.25) is 0 Å². The molecule has 0 bridgehead atoms. The van der Waals surface area contributed by atoms with Crippen molar-refractivity contribution in [3.8, 4) is 5.75 Å². The molecular weight excluding hydrogens is 304 g/mol. The molecule has 0 saturated carbocycles. The minimum atomic E-state index is -0.104. The van der Waals surface area contributed by atoms with E-state index >= 15 is 0 Å². The van der Waals surface area contributed by atoms with Crippen molar-refractivity contribution in [3.05, 3.63) is 46.9 Å². The Morgan fingerprint density at radius 1 is 1.33 bits per heavy atom. The molecule has 2 aromatic heterocycles. The van der Waals surface area contributed by atoms with Crippen molar-refractivity contribution < 1.29 is 9.53 Å². The Morgan fingerprint density at radius 2 is 2.12 bits per heavy atom. The first-order valence-electron chi connectivity index (χ1n) is 7.95. The van der Waals surface area contributed by atoms with Crippen LogP contribution < -0.4 is 10.1 Å². The molecule has 0 unspecified atom stereocenters. The van der Waals surface area contributed by atoms with Gasteiger partial charge >= 0.3 is 0 Å². The van der Waals surface area contributed by atoms with Gasteiger partial charge in [0.05, 0.1) is 24.9 Å². The molecule has 0 aliphatic rings. The first-order chi connectivity index (χ1) is 11.5. The molecule has 2 N–H and O–H groups in total. The number of carbonyl (C=O) groups is 1. The smallest absolute Gasteiger partial charge is 0.253 e. The highest BCUT2D eigenvalue weighted by molar-refractivity contribution is 6.07. The summed E-state index contributed by atoms with van der Waals surface area (Å²) in [4.78, 5) is 15.6. The fraction of sp³-hybridized carbons (Fsp3) is 0.333. The summed E-state index contributed by atoms with van der Waals surface area (Å²) >= 11 is 0. The number of benzene rings is 1. The molecule has 1 aromatic carbocycles. The molecule has 0 radical (unpaired) electrons. The van der Waals surface area contributed by atoms with Crippen molar-refractivity contribution in [2.75, 3.05) is 13.7 Å². The van der Waals surface area contributed by atoms with Gasteiger partial charge in [-0.05, 0) is 44.5 Å². The zero-order valence-electron chi connectivity index (χ0n) is 14.4. The minimum Gasteiger partial charge on any atom is -0.497 e. The summed E-state index contributed by atoms with van der Waals surface area (Å²) in [6.07, 6.45) is 1.73. The third-order valence-electron chi connectivity index (χ3n) is 4.49. The molecule has 0 fully saturated rings. The Hall–Kier alpha value is -2.76. The second-order valence-corrected chi connectivity index (χ2v) is 5.89. The summed E-state index contributed by atoms with van der Waals surface area (Å²) in [5, 5.41) is 8.30. The van der Waals surface area contributed by atoms with Crippen LogP contribution in [0.4, 0.5) is 0 Å². The number of hydrogen-bond acceptors (Lipinski definition) is 3. The van der Waals surface area contributed by atoms with Gasteiger partial charge in [-0.1, -0.05) is 0 Å². The van der Waals surface area contributed by atoms with Crippen LogP contribution in [0.3, 0.4) is 0 Å². The Balaban J connectivity index is 1.70. The quantitative estimate of drug-likeness (QED) is 0.757. The van der Waals surface area contributed by atoms with Gasteiger partial charge in [0.15, 0.2) is 0 Å². The third kappa shape index (κ3) is 2.87. The lowest BCUT2D eigenvalue weighted by atomic mass is 10.1. The van der Waals surface area contributed by atoms with Gasteiger partial charge in [-0.3, -0.25) is 9.48 Å². The zero-order valence-corrected chi connectivity index (χ0v) is 14.4. The fourth-order valence-electron chi connectivity index (χ4n) is 2.79. The summed E-state index contributed by atoms with van der Waals surface area (Å²) in [7, 11) is 1.62. The number of nitrogens with zero attached hydrogens (tertiary/aromatic N) is 2. The van der Waals surface area contributed by atoms with Gasteiger partial charge in [-0.25, -0.2) is 0 Å². The van der Waals surface area contributed by atoms with Crippen LogP contribution >= 0.6 is 0 Å². The Morgan fingerprint density at radius 3 is 2.79 bits per heavy atom. The van der Waals surface area contributed by atoms with E-state index in [-0.39, 0.29) is 5.91 Å². The number of H-pyrrole nitrogens is 1. The van der Waals surface area contributed by atoms with E-state index < -0.39 is 0 Å². The number of carbonyl (C=O) groups excluding carboxylic acids is 1. The van der Waals surface area contributed by atoms with Crippen LogP contribution in [0.15, 0.2) is 24.4 Å². The number of aryl methyl sites for hydroxylation is 1. The van der Waals surface area contributed by atoms with Crippen molar-refractivity contribution >= 4 is 16.8 Å². The van der Waals surface area contributed by atoms with E-state index in [9.17, 15) is 4.79 Å². The van der Waals surface area contributed by atoms with Crippen molar-refractivity contribution in [1.29, 1.82) is 0 Å². The average Bonchev–Trinajstić information content (AvgIpc) is 3.11. The molecular formula is C18H22N4O2. The lowest BCUT2D eigenvalue weighted by molar-refractivity contribution is 0.0953. The van der Waals surface area contributed by atoms with Crippen LogP contribution in [0.5, 0.6) is 5.75 Å². The first kappa shape index (κ1) is 16.1. The van der Waals surface area contributed by atoms with Gasteiger partial charge in [-0.2, -0.15) is 5.10 Å². The minimum absolute atomic E-state index is 0.104. The van der Waals surface area contributed by atoms with E-state index in [1.165, 1.54) is 5.56 Å². The summed E-state index contributed by atoms with van der Waals surface area (Å²) in [5.74, 6) is 0.627. The number of nitrogens with one attached hydrogen (secondary N) is 2. The van der Waals surface area contributed by atoms with Gasteiger partial charge < -0.3 is 15.0 Å². The lowest BCUT2D eigenvalue weighted by Gasteiger charge is -2.07. The average molecular weight is 326 g/mol. The van der Waals surface area contributed by atoms with Crippen LogP contribution in [0.25, 0.3) is 10.9 Å². The number of aromatic nitrogens is 3. The first-order valence-corrected chi connectivity index (χ1v) is 7.95. The maximum Gasteiger partial charge on any atom is 0.253 e. The molecule has 24 heavy (non-hydrogen) atoms. The highest BCUT2D eigenvalue weighted by atomic mass is 16.5. The van der Waals surface area contributed by atoms with Gasteiger partial charge in [0.1, 0.15) is 5.75 Å². The lowest BCUT2D eigenvalue weighted by Crippen LogP contribution is -2.27. The fourth-order valence-corrected chi connectivity index (χ4v) is 2.79. The number of ether oxygens (including phenoxy) is 1. The maximum atomic E-state index is 12.5. The molecule has 0 aliphatic heterocycles. The third-order valence-corrected chi connectivity index (χ3v) is 4.49. The van der Waals surface area contributed by atoms with Crippen LogP contribution in [-0.2, 0) is 6.54 Å². The summed E-state index contributed by atoms with van der Waals surface area (Å²) < 4.78 is 7.17. The molecule has 0 saturated heterocycles. The van der Waals surface area contributed by atoms with Crippen LogP contribution in [0.1, 0.15) is 27.3 Å². The topological polar surface area (TPSA) is 71.9 Å². The highest BCUT2D eigenvalue weighted by Crippen LogP contribution is 2.23. The molecule has 0 aliphatic carbocycles. The number of fused-ring (bicyclic) bond motifs is 1. The Bertz CT molecular complexity index is 892. The molecule has 6 nitrogen and oxygen atoms in total. The number of methoxy groups -OCH3 is 1. The summed E-state index contributed by atoms with van der Waals surface area (Å²) in [6.45, 7) is 7.28. The van der Waals surface area contributed by atoms with Crippen molar-refractivity contribution in [2.24, 2.45) is 0 Å². The highest BCUT2D eigenvalue weighted by Gasteiger charge is 2.13. The molecule has 126 valence electrons. The normalized spacial score (nSPS) is 11.0. The van der Waals surface area contributed by atoms with Crippen molar-refractivity contribution in [1.82, 2.24) is 20.1 Å². The molecule has 6 heteroatoms. The molecule has 0 spiro atoms. The maximum absolute atomic E-state index is 12.5. The molecule has 2 heterocycles. The van der Waals surface area contributed by atoms with E-state index in [0.29, 0.717) is 18.7 Å². The molecule has 3 rings (SSSR count). The van der Waals surface area contributed by atoms with E-state index in [4.69, 9.17) is 4.74 Å². The SMILES string of the molecule is COc1ccc2[nH]cc(C(=O)NCCn3nc(C)c(C)c3C)c2c1. The van der Waals surface area contributed by atoms with E-state index in [1.807, 2.05) is 36.7 Å². The molecule has 0 atom stereocenters. The van der Waals surface area contributed by atoms with Gasteiger partial charge in [0.25, 0.3) is 5.91 Å². The molecule has 3 aromatic rings.